The molecule has 5 heterocycles. The summed E-state index contributed by atoms with van der Waals surface area (Å²) in [5.41, 5.74) is 3.48. The third kappa shape index (κ3) is 5.25. The van der Waals surface area contributed by atoms with Gasteiger partial charge in [-0.1, -0.05) is 30.3 Å². The summed E-state index contributed by atoms with van der Waals surface area (Å²) in [6.07, 6.45) is 0. The van der Waals surface area contributed by atoms with E-state index in [9.17, 15) is 0 Å². The SMILES string of the molecule is Cl.c1ccc(-c2cc(Nc3nc(N4CCOCC4)c4oc(CN5CCOCC5)cc4n3)n[nH]2)cc1. The Morgan fingerprint density at radius 2 is 1.66 bits per heavy atom. The number of morpholine rings is 2. The van der Waals surface area contributed by atoms with Crippen molar-refractivity contribution in [1.29, 1.82) is 0 Å². The summed E-state index contributed by atoms with van der Waals surface area (Å²) in [7, 11) is 0. The number of aromatic nitrogens is 4. The zero-order valence-corrected chi connectivity index (χ0v) is 20.1. The lowest BCUT2D eigenvalue weighted by Gasteiger charge is -2.27. The van der Waals surface area contributed by atoms with Crippen LogP contribution in [0.25, 0.3) is 22.4 Å². The van der Waals surface area contributed by atoms with Crippen LogP contribution in [-0.2, 0) is 16.0 Å². The van der Waals surface area contributed by atoms with Crippen molar-refractivity contribution in [2.45, 2.75) is 6.54 Å². The summed E-state index contributed by atoms with van der Waals surface area (Å²) in [4.78, 5) is 14.1. The van der Waals surface area contributed by atoms with Gasteiger partial charge >= 0.3 is 0 Å². The average Bonchev–Trinajstić information content (AvgIpc) is 3.52. The summed E-state index contributed by atoms with van der Waals surface area (Å²) >= 11 is 0. The van der Waals surface area contributed by atoms with Crippen LogP contribution in [0.1, 0.15) is 5.76 Å². The van der Waals surface area contributed by atoms with Crippen LogP contribution < -0.4 is 10.2 Å². The number of rotatable bonds is 6. The summed E-state index contributed by atoms with van der Waals surface area (Å²) in [5, 5.41) is 10.7. The first-order chi connectivity index (χ1) is 16.8. The van der Waals surface area contributed by atoms with Gasteiger partial charge in [-0.3, -0.25) is 10.00 Å². The maximum atomic E-state index is 6.28. The van der Waals surface area contributed by atoms with Gasteiger partial charge in [0.15, 0.2) is 17.2 Å². The Labute approximate surface area is 209 Å². The Morgan fingerprint density at radius 3 is 2.43 bits per heavy atom. The molecule has 2 aliphatic heterocycles. The molecule has 2 aliphatic rings. The number of nitrogens with zero attached hydrogens (tertiary/aromatic N) is 5. The second-order valence-corrected chi connectivity index (χ2v) is 8.44. The van der Waals surface area contributed by atoms with Gasteiger partial charge in [-0.15, -0.1) is 12.4 Å². The van der Waals surface area contributed by atoms with Crippen molar-refractivity contribution in [3.63, 3.8) is 0 Å². The molecule has 35 heavy (non-hydrogen) atoms. The number of nitrogens with one attached hydrogen (secondary N) is 2. The Bertz CT molecular complexity index is 1250. The molecule has 6 rings (SSSR count). The van der Waals surface area contributed by atoms with Gasteiger partial charge in [0.1, 0.15) is 11.3 Å². The maximum absolute atomic E-state index is 6.28. The molecule has 184 valence electrons. The first-order valence-corrected chi connectivity index (χ1v) is 11.6. The quantitative estimate of drug-likeness (QED) is 0.414. The van der Waals surface area contributed by atoms with Gasteiger partial charge in [0.25, 0.3) is 0 Å². The summed E-state index contributed by atoms with van der Waals surface area (Å²) < 4.78 is 17.3. The molecule has 0 spiro atoms. The first-order valence-electron chi connectivity index (χ1n) is 11.6. The van der Waals surface area contributed by atoms with E-state index in [0.717, 1.165) is 74.3 Å². The number of benzene rings is 1. The number of hydrogen-bond donors (Lipinski definition) is 2. The molecule has 2 saturated heterocycles. The Morgan fingerprint density at radius 1 is 0.914 bits per heavy atom. The number of anilines is 3. The molecule has 0 bridgehead atoms. The highest BCUT2D eigenvalue weighted by Gasteiger charge is 2.22. The van der Waals surface area contributed by atoms with E-state index in [0.29, 0.717) is 30.6 Å². The molecule has 2 N–H and O–H groups in total. The van der Waals surface area contributed by atoms with E-state index >= 15 is 0 Å². The Balaban J connectivity index is 0.00000253. The number of aromatic amines is 1. The van der Waals surface area contributed by atoms with Crippen molar-refractivity contribution in [2.75, 3.05) is 62.8 Å². The standard InChI is InChI=1S/C24H27N7O3.ClH/c1-2-4-17(5-3-1)19-15-21(29-28-19)26-24-25-20-14-18(16-30-6-10-32-11-7-30)34-22(20)23(27-24)31-8-12-33-13-9-31;/h1-5,14-15H,6-13,16H2,(H2,25,26,27,28,29);1H. The van der Waals surface area contributed by atoms with Crippen molar-refractivity contribution in [1.82, 2.24) is 25.1 Å². The Hall–Kier alpha value is -3.18. The maximum Gasteiger partial charge on any atom is 0.231 e. The van der Waals surface area contributed by atoms with Crippen molar-refractivity contribution < 1.29 is 13.9 Å². The summed E-state index contributed by atoms with van der Waals surface area (Å²) in [5.74, 6) is 2.80. The highest BCUT2D eigenvalue weighted by molar-refractivity contribution is 5.86. The van der Waals surface area contributed by atoms with Gasteiger partial charge in [0.2, 0.25) is 5.95 Å². The molecular formula is C24H28ClN7O3. The molecule has 11 heteroatoms. The van der Waals surface area contributed by atoms with Crippen LogP contribution in [0.5, 0.6) is 0 Å². The molecule has 3 aromatic heterocycles. The van der Waals surface area contributed by atoms with Crippen molar-refractivity contribution in [3.05, 3.63) is 48.2 Å². The average molecular weight is 498 g/mol. The van der Waals surface area contributed by atoms with Crippen LogP contribution in [0.3, 0.4) is 0 Å². The van der Waals surface area contributed by atoms with E-state index in [2.05, 4.69) is 25.3 Å². The van der Waals surface area contributed by atoms with E-state index in [1.807, 2.05) is 42.5 Å². The molecular weight excluding hydrogens is 470 g/mol. The number of fused-ring (bicyclic) bond motifs is 1. The van der Waals surface area contributed by atoms with Crippen LogP contribution in [0.15, 0.2) is 46.9 Å². The van der Waals surface area contributed by atoms with E-state index in [4.69, 9.17) is 23.9 Å². The summed E-state index contributed by atoms with van der Waals surface area (Å²) in [6, 6.07) is 14.0. The van der Waals surface area contributed by atoms with Crippen LogP contribution in [-0.4, -0.2) is 77.7 Å². The van der Waals surface area contributed by atoms with Gasteiger partial charge in [-0.05, 0) is 5.56 Å². The number of ether oxygens (including phenoxy) is 2. The lowest BCUT2D eigenvalue weighted by molar-refractivity contribution is 0.0315. The normalized spacial score (nSPS) is 16.9. The molecule has 0 aliphatic carbocycles. The fourth-order valence-corrected chi connectivity index (χ4v) is 4.33. The highest BCUT2D eigenvalue weighted by Crippen LogP contribution is 2.31. The lowest BCUT2D eigenvalue weighted by atomic mass is 10.2. The van der Waals surface area contributed by atoms with Crippen LogP contribution >= 0.6 is 12.4 Å². The van der Waals surface area contributed by atoms with Crippen molar-refractivity contribution in [2.24, 2.45) is 0 Å². The van der Waals surface area contributed by atoms with Gasteiger partial charge in [0, 0.05) is 38.3 Å². The molecule has 1 aromatic carbocycles. The molecule has 10 nitrogen and oxygen atoms in total. The third-order valence-corrected chi connectivity index (χ3v) is 6.10. The minimum Gasteiger partial charge on any atom is -0.454 e. The van der Waals surface area contributed by atoms with Gasteiger partial charge < -0.3 is 24.1 Å². The van der Waals surface area contributed by atoms with Gasteiger partial charge in [-0.25, -0.2) is 4.98 Å². The highest BCUT2D eigenvalue weighted by atomic mass is 35.5. The summed E-state index contributed by atoms with van der Waals surface area (Å²) in [6.45, 7) is 6.86. The van der Waals surface area contributed by atoms with E-state index in [1.54, 1.807) is 0 Å². The largest absolute Gasteiger partial charge is 0.454 e. The van der Waals surface area contributed by atoms with Gasteiger partial charge in [-0.2, -0.15) is 10.1 Å². The van der Waals surface area contributed by atoms with Crippen LogP contribution in [0, 0.1) is 0 Å². The smallest absolute Gasteiger partial charge is 0.231 e. The number of H-pyrrole nitrogens is 1. The molecule has 0 amide bonds. The second kappa shape index (κ2) is 10.6. The fraction of sp³-hybridized carbons (Fsp3) is 0.375. The minimum atomic E-state index is 0. The second-order valence-electron chi connectivity index (χ2n) is 8.44. The molecule has 4 aromatic rings. The van der Waals surface area contributed by atoms with Crippen molar-refractivity contribution in [3.8, 4) is 11.3 Å². The molecule has 0 saturated carbocycles. The third-order valence-electron chi connectivity index (χ3n) is 6.10. The van der Waals surface area contributed by atoms with Gasteiger partial charge in [0.05, 0.1) is 38.7 Å². The lowest BCUT2D eigenvalue weighted by Crippen LogP contribution is -2.37. The van der Waals surface area contributed by atoms with E-state index in [-0.39, 0.29) is 12.4 Å². The zero-order valence-electron chi connectivity index (χ0n) is 19.3. The van der Waals surface area contributed by atoms with Crippen LogP contribution in [0.4, 0.5) is 17.6 Å². The Kier molecular flexibility index (Phi) is 7.14. The zero-order chi connectivity index (χ0) is 22.7. The number of hydrogen-bond acceptors (Lipinski definition) is 9. The van der Waals surface area contributed by atoms with Crippen molar-refractivity contribution >= 4 is 41.1 Å². The fourth-order valence-electron chi connectivity index (χ4n) is 4.33. The van der Waals surface area contributed by atoms with E-state index < -0.39 is 0 Å². The van der Waals surface area contributed by atoms with Crippen LogP contribution in [0.2, 0.25) is 0 Å². The number of halogens is 1. The number of furan rings is 1. The molecule has 0 atom stereocenters. The predicted octanol–water partition coefficient (Wildman–Crippen LogP) is 3.45. The molecule has 0 unspecified atom stereocenters. The minimum absolute atomic E-state index is 0. The van der Waals surface area contributed by atoms with E-state index in [1.165, 1.54) is 0 Å². The predicted molar refractivity (Wildman–Crippen MR) is 135 cm³/mol. The molecule has 2 fully saturated rings. The topological polar surface area (TPSA) is 105 Å². The molecule has 0 radical (unpaired) electrons. The monoisotopic (exact) mass is 497 g/mol. The first kappa shape index (κ1) is 23.6.